The molecule has 2 aromatic rings. The third kappa shape index (κ3) is 1.01. The van der Waals surface area contributed by atoms with Gasteiger partial charge in [0.05, 0.1) is 5.69 Å². The molecule has 2 aromatic heterocycles. The number of rotatable bonds is 2. The summed E-state index contributed by atoms with van der Waals surface area (Å²) in [5.74, 6) is 0.290. The Balaban J connectivity index is 2.41. The van der Waals surface area contributed by atoms with Crippen LogP contribution in [0.15, 0.2) is 29.4 Å². The van der Waals surface area contributed by atoms with E-state index in [1.807, 2.05) is 0 Å². The third-order valence-electron chi connectivity index (χ3n) is 1.44. The van der Waals surface area contributed by atoms with Crippen molar-refractivity contribution in [1.29, 1.82) is 0 Å². The van der Waals surface area contributed by atoms with Crippen LogP contribution in [-0.4, -0.2) is 21.1 Å². The second-order valence-corrected chi connectivity index (χ2v) is 2.19. The zero-order valence-corrected chi connectivity index (χ0v) is 6.04. The number of hydrogen-bond acceptors (Lipinski definition) is 4. The first-order valence-corrected chi connectivity index (χ1v) is 3.29. The summed E-state index contributed by atoms with van der Waals surface area (Å²) in [6, 6.07) is 1.61. The van der Waals surface area contributed by atoms with E-state index in [1.165, 1.54) is 18.9 Å². The van der Waals surface area contributed by atoms with E-state index in [1.54, 1.807) is 10.6 Å². The molecule has 0 unspecified atom stereocenters. The van der Waals surface area contributed by atoms with Crippen LogP contribution in [0, 0.1) is 0 Å². The number of nitrogens with zero attached hydrogens (tertiary/aromatic N) is 3. The molecule has 5 heteroatoms. The average molecular weight is 163 g/mol. The van der Waals surface area contributed by atoms with Crippen molar-refractivity contribution in [2.45, 2.75) is 0 Å². The fourth-order valence-electron chi connectivity index (χ4n) is 0.873. The summed E-state index contributed by atoms with van der Waals surface area (Å²) in [5, 5.41) is 7.23. The van der Waals surface area contributed by atoms with Gasteiger partial charge in [0, 0.05) is 6.07 Å². The highest BCUT2D eigenvalue weighted by Crippen LogP contribution is 2.09. The Kier molecular flexibility index (Phi) is 1.48. The molecule has 0 amide bonds. The van der Waals surface area contributed by atoms with E-state index in [4.69, 9.17) is 4.42 Å². The molecule has 0 fully saturated rings. The zero-order valence-electron chi connectivity index (χ0n) is 6.04. The minimum Gasteiger partial charge on any atom is -0.459 e. The molecule has 0 bridgehead atoms. The van der Waals surface area contributed by atoms with Crippen molar-refractivity contribution in [2.24, 2.45) is 0 Å². The Morgan fingerprint density at radius 2 is 2.17 bits per heavy atom. The number of furan rings is 1. The molecule has 5 nitrogen and oxygen atoms in total. The highest BCUT2D eigenvalue weighted by Gasteiger charge is 2.01. The standard InChI is InChI=1S/C7H5N3O2/c11-2-7-1-6(3-12-7)10-4-8-9-5-10/h1-5H. The Morgan fingerprint density at radius 1 is 1.42 bits per heavy atom. The first kappa shape index (κ1) is 6.78. The van der Waals surface area contributed by atoms with Gasteiger partial charge in [0.2, 0.25) is 0 Å². The topological polar surface area (TPSA) is 60.9 Å². The molecular weight excluding hydrogens is 158 g/mol. The minimum atomic E-state index is 0.290. The van der Waals surface area contributed by atoms with Crippen molar-refractivity contribution in [2.75, 3.05) is 0 Å². The van der Waals surface area contributed by atoms with Crippen LogP contribution in [-0.2, 0) is 0 Å². The van der Waals surface area contributed by atoms with Gasteiger partial charge in [-0.3, -0.25) is 9.36 Å². The predicted molar refractivity (Wildman–Crippen MR) is 39.0 cm³/mol. The second kappa shape index (κ2) is 2.61. The van der Waals surface area contributed by atoms with Crippen LogP contribution >= 0.6 is 0 Å². The first-order chi connectivity index (χ1) is 5.90. The molecule has 0 saturated carbocycles. The van der Waals surface area contributed by atoms with Crippen LogP contribution in [0.1, 0.15) is 10.6 Å². The summed E-state index contributed by atoms with van der Waals surface area (Å²) in [6.45, 7) is 0. The van der Waals surface area contributed by atoms with Gasteiger partial charge in [0.15, 0.2) is 12.0 Å². The van der Waals surface area contributed by atoms with Crippen molar-refractivity contribution < 1.29 is 9.21 Å². The maximum Gasteiger partial charge on any atom is 0.185 e. The SMILES string of the molecule is O=Cc1cc(-n2cnnc2)co1. The molecule has 0 aromatic carbocycles. The summed E-state index contributed by atoms with van der Waals surface area (Å²) in [4.78, 5) is 10.3. The molecule has 2 rings (SSSR count). The van der Waals surface area contributed by atoms with Crippen LogP contribution in [0.2, 0.25) is 0 Å². The number of aromatic nitrogens is 3. The third-order valence-corrected chi connectivity index (χ3v) is 1.44. The van der Waals surface area contributed by atoms with Crippen LogP contribution < -0.4 is 0 Å². The van der Waals surface area contributed by atoms with Crippen molar-refractivity contribution >= 4 is 6.29 Å². The number of hydrogen-bond donors (Lipinski definition) is 0. The summed E-state index contributed by atoms with van der Waals surface area (Å²) >= 11 is 0. The van der Waals surface area contributed by atoms with E-state index in [-0.39, 0.29) is 0 Å². The first-order valence-electron chi connectivity index (χ1n) is 3.29. The van der Waals surface area contributed by atoms with Gasteiger partial charge in [-0.25, -0.2) is 0 Å². The Morgan fingerprint density at radius 3 is 2.75 bits per heavy atom. The molecule has 0 aliphatic rings. The number of carbonyl (C=O) groups excluding carboxylic acids is 1. The van der Waals surface area contributed by atoms with Gasteiger partial charge >= 0.3 is 0 Å². The van der Waals surface area contributed by atoms with Gasteiger partial charge in [-0.05, 0) is 0 Å². The quantitative estimate of drug-likeness (QED) is 0.610. The monoisotopic (exact) mass is 163 g/mol. The molecule has 0 atom stereocenters. The van der Waals surface area contributed by atoms with E-state index < -0.39 is 0 Å². The van der Waals surface area contributed by atoms with Gasteiger partial charge in [-0.2, -0.15) is 0 Å². The molecule has 0 aliphatic carbocycles. The summed E-state index contributed by atoms with van der Waals surface area (Å²) in [6.07, 6.45) is 5.17. The van der Waals surface area contributed by atoms with E-state index >= 15 is 0 Å². The average Bonchev–Trinajstić information content (AvgIpc) is 2.75. The van der Waals surface area contributed by atoms with Gasteiger partial charge in [0.25, 0.3) is 0 Å². The molecule has 2 heterocycles. The highest BCUT2D eigenvalue weighted by atomic mass is 16.3. The molecule has 0 radical (unpaired) electrons. The molecule has 0 N–H and O–H groups in total. The fourth-order valence-corrected chi connectivity index (χ4v) is 0.873. The Labute approximate surface area is 67.6 Å². The molecule has 60 valence electrons. The maximum absolute atomic E-state index is 10.3. The number of carbonyl (C=O) groups is 1. The lowest BCUT2D eigenvalue weighted by Crippen LogP contribution is -1.85. The molecular formula is C7H5N3O2. The summed E-state index contributed by atoms with van der Waals surface area (Å²) < 4.78 is 6.54. The summed E-state index contributed by atoms with van der Waals surface area (Å²) in [5.41, 5.74) is 0.738. The van der Waals surface area contributed by atoms with Crippen molar-refractivity contribution in [3.63, 3.8) is 0 Å². The predicted octanol–water partition coefficient (Wildman–Crippen LogP) is 0.673. The minimum absolute atomic E-state index is 0.290. The second-order valence-electron chi connectivity index (χ2n) is 2.19. The molecule has 0 saturated heterocycles. The van der Waals surface area contributed by atoms with Crippen LogP contribution in [0.5, 0.6) is 0 Å². The fraction of sp³-hybridized carbons (Fsp3) is 0. The van der Waals surface area contributed by atoms with E-state index in [0.717, 1.165) is 5.69 Å². The zero-order chi connectivity index (χ0) is 8.39. The lowest BCUT2D eigenvalue weighted by Gasteiger charge is -1.89. The van der Waals surface area contributed by atoms with Crippen LogP contribution in [0.4, 0.5) is 0 Å². The number of aldehydes is 1. The normalized spacial score (nSPS) is 10.0. The highest BCUT2D eigenvalue weighted by molar-refractivity contribution is 5.71. The van der Waals surface area contributed by atoms with Crippen molar-refractivity contribution in [1.82, 2.24) is 14.8 Å². The van der Waals surface area contributed by atoms with E-state index in [9.17, 15) is 4.79 Å². The smallest absolute Gasteiger partial charge is 0.185 e. The van der Waals surface area contributed by atoms with E-state index in [0.29, 0.717) is 12.0 Å². The lowest BCUT2D eigenvalue weighted by atomic mass is 10.4. The van der Waals surface area contributed by atoms with Gasteiger partial charge in [0.1, 0.15) is 18.9 Å². The Bertz CT molecular complexity index is 377. The van der Waals surface area contributed by atoms with Gasteiger partial charge in [-0.15, -0.1) is 10.2 Å². The molecule has 12 heavy (non-hydrogen) atoms. The molecule has 0 spiro atoms. The maximum atomic E-state index is 10.3. The molecule has 0 aliphatic heterocycles. The Hall–Kier alpha value is -1.91. The van der Waals surface area contributed by atoms with E-state index in [2.05, 4.69) is 10.2 Å². The largest absolute Gasteiger partial charge is 0.459 e. The van der Waals surface area contributed by atoms with Crippen molar-refractivity contribution in [3.05, 3.63) is 30.7 Å². The van der Waals surface area contributed by atoms with Crippen molar-refractivity contribution in [3.8, 4) is 5.69 Å². The van der Waals surface area contributed by atoms with Crippen LogP contribution in [0.3, 0.4) is 0 Å². The summed E-state index contributed by atoms with van der Waals surface area (Å²) in [7, 11) is 0. The van der Waals surface area contributed by atoms with Crippen LogP contribution in [0.25, 0.3) is 5.69 Å². The van der Waals surface area contributed by atoms with Gasteiger partial charge < -0.3 is 4.42 Å². The van der Waals surface area contributed by atoms with Gasteiger partial charge in [-0.1, -0.05) is 0 Å². The lowest BCUT2D eigenvalue weighted by molar-refractivity contribution is 0.110.